The molecule has 3 unspecified atom stereocenters. The van der Waals surface area contributed by atoms with Gasteiger partial charge in [0.25, 0.3) is 0 Å². The maximum Gasteiger partial charge on any atom is 0.155 e. The maximum atomic E-state index is 12.6. The van der Waals surface area contributed by atoms with Crippen molar-refractivity contribution < 1.29 is 13.2 Å². The number of hydrogen-bond acceptors (Lipinski definition) is 3. The highest BCUT2D eigenvalue weighted by atomic mass is 32.2. The van der Waals surface area contributed by atoms with Crippen LogP contribution in [0.1, 0.15) is 87.0 Å². The van der Waals surface area contributed by atoms with E-state index in [-0.39, 0.29) is 22.2 Å². The summed E-state index contributed by atoms with van der Waals surface area (Å²) in [6.07, 6.45) is 4.94. The molecule has 0 spiro atoms. The van der Waals surface area contributed by atoms with Crippen molar-refractivity contribution in [3.05, 3.63) is 0 Å². The van der Waals surface area contributed by atoms with Crippen LogP contribution in [0.2, 0.25) is 0 Å². The number of rotatable bonds is 11. The van der Waals surface area contributed by atoms with E-state index in [0.717, 1.165) is 25.7 Å². The monoisotopic (exact) mass is 320 g/mol. The fourth-order valence-electron chi connectivity index (χ4n) is 2.61. The van der Waals surface area contributed by atoms with Gasteiger partial charge in [0.05, 0.1) is 22.2 Å². The zero-order valence-electron chi connectivity index (χ0n) is 15.1. The van der Waals surface area contributed by atoms with Crippen LogP contribution in [0.5, 0.6) is 0 Å². The van der Waals surface area contributed by atoms with Crippen LogP contribution in [-0.2, 0) is 14.6 Å². The van der Waals surface area contributed by atoms with Gasteiger partial charge >= 0.3 is 0 Å². The Bertz CT molecular complexity index is 373. The average Bonchev–Trinajstić information content (AvgIpc) is 2.38. The van der Waals surface area contributed by atoms with Gasteiger partial charge in [0.1, 0.15) is 0 Å². The molecule has 4 heteroatoms. The van der Waals surface area contributed by atoms with E-state index in [1.54, 1.807) is 0 Å². The summed E-state index contributed by atoms with van der Waals surface area (Å²) in [6, 6.07) is 0. The second-order valence-corrected chi connectivity index (χ2v) is 9.49. The van der Waals surface area contributed by atoms with Crippen molar-refractivity contribution in [2.75, 3.05) is 0 Å². The highest BCUT2D eigenvalue weighted by Gasteiger charge is 2.30. The number of hydrogen-bond donors (Lipinski definition) is 0. The Kier molecular flexibility index (Phi) is 9.10. The lowest BCUT2D eigenvalue weighted by molar-refractivity contribution is -0.0687. The minimum absolute atomic E-state index is 0.102. The van der Waals surface area contributed by atoms with E-state index in [9.17, 15) is 8.42 Å². The lowest BCUT2D eigenvalue weighted by atomic mass is 10.1. The molecule has 0 aliphatic heterocycles. The first-order valence-corrected chi connectivity index (χ1v) is 10.1. The first-order chi connectivity index (χ1) is 9.60. The standard InChI is InChI=1S/C17H36O3S/c1-8-11-15(5)21(18,19)16(9-2)13-12-14(4)20-17(6,7)10-3/h14-16H,8-13H2,1-7H3. The molecule has 0 aliphatic rings. The zero-order chi connectivity index (χ0) is 16.7. The highest BCUT2D eigenvalue weighted by Crippen LogP contribution is 2.24. The van der Waals surface area contributed by atoms with Crippen molar-refractivity contribution >= 4 is 9.84 Å². The fraction of sp³-hybridized carbons (Fsp3) is 1.00. The molecule has 0 rings (SSSR count). The Morgan fingerprint density at radius 3 is 2.00 bits per heavy atom. The summed E-state index contributed by atoms with van der Waals surface area (Å²) in [5.74, 6) is 0. The Balaban J connectivity index is 4.58. The largest absolute Gasteiger partial charge is 0.373 e. The van der Waals surface area contributed by atoms with E-state index >= 15 is 0 Å². The lowest BCUT2D eigenvalue weighted by Gasteiger charge is -2.29. The van der Waals surface area contributed by atoms with E-state index in [4.69, 9.17) is 4.74 Å². The fourth-order valence-corrected chi connectivity index (χ4v) is 4.76. The smallest absolute Gasteiger partial charge is 0.155 e. The topological polar surface area (TPSA) is 43.4 Å². The summed E-state index contributed by atoms with van der Waals surface area (Å²) in [5.41, 5.74) is -0.129. The average molecular weight is 321 g/mol. The lowest BCUT2D eigenvalue weighted by Crippen LogP contribution is -2.32. The van der Waals surface area contributed by atoms with E-state index in [0.29, 0.717) is 12.8 Å². The molecule has 0 bridgehead atoms. The Labute approximate surface area is 132 Å². The van der Waals surface area contributed by atoms with Crippen molar-refractivity contribution in [1.29, 1.82) is 0 Å². The molecular formula is C17H36O3S. The molecule has 0 saturated carbocycles. The molecule has 0 N–H and O–H groups in total. The third-order valence-corrected chi connectivity index (χ3v) is 7.30. The van der Waals surface area contributed by atoms with Crippen molar-refractivity contribution in [2.45, 2.75) is 109 Å². The molecule has 0 amide bonds. The summed E-state index contributed by atoms with van der Waals surface area (Å²) in [5, 5.41) is -0.453. The Morgan fingerprint density at radius 2 is 1.57 bits per heavy atom. The van der Waals surface area contributed by atoms with Gasteiger partial charge in [-0.1, -0.05) is 27.2 Å². The molecule has 0 fully saturated rings. The van der Waals surface area contributed by atoms with Crippen LogP contribution in [0.3, 0.4) is 0 Å². The van der Waals surface area contributed by atoms with Gasteiger partial charge in [-0.15, -0.1) is 0 Å². The van der Waals surface area contributed by atoms with Gasteiger partial charge in [-0.25, -0.2) is 8.42 Å². The Morgan fingerprint density at radius 1 is 1.00 bits per heavy atom. The second-order valence-electron chi connectivity index (χ2n) is 6.84. The van der Waals surface area contributed by atoms with Gasteiger partial charge in [-0.2, -0.15) is 0 Å². The third-order valence-electron chi connectivity index (χ3n) is 4.44. The Hall–Kier alpha value is -0.0900. The van der Waals surface area contributed by atoms with Gasteiger partial charge in [0, 0.05) is 0 Å². The summed E-state index contributed by atoms with van der Waals surface area (Å²) in [4.78, 5) is 0. The molecule has 3 nitrogen and oxygen atoms in total. The number of sulfone groups is 1. The molecule has 0 heterocycles. The van der Waals surface area contributed by atoms with Crippen LogP contribution >= 0.6 is 0 Å². The van der Waals surface area contributed by atoms with Crippen molar-refractivity contribution in [1.82, 2.24) is 0 Å². The minimum atomic E-state index is -3.01. The van der Waals surface area contributed by atoms with E-state index in [2.05, 4.69) is 20.8 Å². The minimum Gasteiger partial charge on any atom is -0.373 e. The van der Waals surface area contributed by atoms with E-state index in [1.807, 2.05) is 27.7 Å². The second kappa shape index (κ2) is 9.14. The molecule has 0 saturated heterocycles. The molecule has 21 heavy (non-hydrogen) atoms. The highest BCUT2D eigenvalue weighted by molar-refractivity contribution is 7.92. The van der Waals surface area contributed by atoms with Crippen molar-refractivity contribution in [2.24, 2.45) is 0 Å². The quantitative estimate of drug-likeness (QED) is 0.552. The van der Waals surface area contributed by atoms with Crippen LogP contribution in [-0.4, -0.2) is 30.6 Å². The maximum absolute atomic E-state index is 12.6. The van der Waals surface area contributed by atoms with Crippen LogP contribution < -0.4 is 0 Å². The van der Waals surface area contributed by atoms with Gasteiger partial charge < -0.3 is 4.74 Å². The zero-order valence-corrected chi connectivity index (χ0v) is 15.9. The molecule has 128 valence electrons. The van der Waals surface area contributed by atoms with E-state index < -0.39 is 9.84 Å². The molecular weight excluding hydrogens is 284 g/mol. The normalized spacial score (nSPS) is 17.5. The van der Waals surface area contributed by atoms with Gasteiger partial charge in [0.15, 0.2) is 9.84 Å². The third kappa shape index (κ3) is 7.14. The summed E-state index contributed by atoms with van der Waals surface area (Å²) >= 11 is 0. The first-order valence-electron chi connectivity index (χ1n) is 8.51. The molecule has 0 aromatic rings. The molecule has 0 radical (unpaired) electrons. The van der Waals surface area contributed by atoms with Gasteiger partial charge in [0.2, 0.25) is 0 Å². The van der Waals surface area contributed by atoms with Crippen LogP contribution in [0, 0.1) is 0 Å². The van der Waals surface area contributed by atoms with Crippen molar-refractivity contribution in [3.8, 4) is 0 Å². The van der Waals surface area contributed by atoms with Crippen molar-refractivity contribution in [3.63, 3.8) is 0 Å². The van der Waals surface area contributed by atoms with Crippen LogP contribution in [0.25, 0.3) is 0 Å². The van der Waals surface area contributed by atoms with E-state index in [1.165, 1.54) is 0 Å². The van der Waals surface area contributed by atoms with Gasteiger partial charge in [-0.05, 0) is 59.8 Å². The number of ether oxygens (including phenoxy) is 1. The SMILES string of the molecule is CCCC(C)S(=O)(=O)C(CC)CCC(C)OC(C)(C)CC. The van der Waals surface area contributed by atoms with Crippen LogP contribution in [0.15, 0.2) is 0 Å². The van der Waals surface area contributed by atoms with Gasteiger partial charge in [-0.3, -0.25) is 0 Å². The first kappa shape index (κ1) is 20.9. The molecule has 3 atom stereocenters. The predicted octanol–water partition coefficient (Wildman–Crippen LogP) is 4.74. The predicted molar refractivity (Wildman–Crippen MR) is 91.5 cm³/mol. The van der Waals surface area contributed by atoms with Crippen LogP contribution in [0.4, 0.5) is 0 Å². The summed E-state index contributed by atoms with van der Waals surface area (Å²) in [7, 11) is -3.01. The summed E-state index contributed by atoms with van der Waals surface area (Å²) in [6.45, 7) is 14.2. The molecule has 0 aromatic carbocycles. The summed E-state index contributed by atoms with van der Waals surface area (Å²) < 4.78 is 31.1. The molecule has 0 aromatic heterocycles. The molecule has 0 aliphatic carbocycles.